The number of aliphatic carboxylic acids is 1. The summed E-state index contributed by atoms with van der Waals surface area (Å²) in [6.45, 7) is 4.54. The molecule has 0 aromatic rings. The Hall–Kier alpha value is -0.610. The van der Waals surface area contributed by atoms with Crippen LogP contribution in [0.25, 0.3) is 0 Å². The van der Waals surface area contributed by atoms with Gasteiger partial charge < -0.3 is 9.84 Å². The van der Waals surface area contributed by atoms with Crippen LogP contribution in [0, 0.1) is 5.41 Å². The van der Waals surface area contributed by atoms with Crippen molar-refractivity contribution in [3.05, 3.63) is 0 Å². The molecular formula is C17H29NO3. The monoisotopic (exact) mass is 295 g/mol. The van der Waals surface area contributed by atoms with Crippen LogP contribution in [-0.4, -0.2) is 47.3 Å². The number of carbonyl (C=O) groups is 1. The van der Waals surface area contributed by atoms with Crippen molar-refractivity contribution in [2.24, 2.45) is 5.41 Å². The third kappa shape index (κ3) is 2.98. The molecule has 1 saturated carbocycles. The third-order valence-electron chi connectivity index (χ3n) is 6.13. The van der Waals surface area contributed by atoms with E-state index in [1.807, 2.05) is 6.92 Å². The summed E-state index contributed by atoms with van der Waals surface area (Å²) in [5.74, 6) is -0.622. The Morgan fingerprint density at radius 2 is 2.00 bits per heavy atom. The SMILES string of the molecule is CCC1(C(=O)O)CCN(CC2CCC3(CCCCC3)O2)C1. The minimum Gasteiger partial charge on any atom is -0.481 e. The van der Waals surface area contributed by atoms with Gasteiger partial charge >= 0.3 is 5.97 Å². The summed E-state index contributed by atoms with van der Waals surface area (Å²) in [7, 11) is 0. The van der Waals surface area contributed by atoms with E-state index in [2.05, 4.69) is 4.90 Å². The van der Waals surface area contributed by atoms with E-state index in [0.29, 0.717) is 12.6 Å². The highest BCUT2D eigenvalue weighted by Gasteiger charge is 2.46. The average molecular weight is 295 g/mol. The molecule has 0 radical (unpaired) electrons. The van der Waals surface area contributed by atoms with Crippen molar-refractivity contribution in [3.8, 4) is 0 Å². The molecule has 2 saturated heterocycles. The van der Waals surface area contributed by atoms with Gasteiger partial charge in [-0.1, -0.05) is 26.2 Å². The van der Waals surface area contributed by atoms with Crippen LogP contribution < -0.4 is 0 Å². The fourth-order valence-corrected chi connectivity index (χ4v) is 4.60. The van der Waals surface area contributed by atoms with Crippen LogP contribution in [0.3, 0.4) is 0 Å². The standard InChI is InChI=1S/C17H29NO3/c1-2-16(15(19)20)10-11-18(13-16)12-14-6-9-17(21-14)7-4-3-5-8-17/h14H,2-13H2,1H3,(H,19,20). The number of likely N-dealkylation sites (tertiary alicyclic amines) is 1. The van der Waals surface area contributed by atoms with Gasteiger partial charge in [0.1, 0.15) is 0 Å². The van der Waals surface area contributed by atoms with Crippen LogP contribution in [-0.2, 0) is 9.53 Å². The topological polar surface area (TPSA) is 49.8 Å². The van der Waals surface area contributed by atoms with Crippen LogP contribution in [0.15, 0.2) is 0 Å². The van der Waals surface area contributed by atoms with Gasteiger partial charge in [0.2, 0.25) is 0 Å². The van der Waals surface area contributed by atoms with Crippen molar-refractivity contribution >= 4 is 5.97 Å². The second kappa shape index (κ2) is 5.88. The number of ether oxygens (including phenoxy) is 1. The molecule has 0 aromatic carbocycles. The minimum absolute atomic E-state index is 0.178. The van der Waals surface area contributed by atoms with Crippen molar-refractivity contribution < 1.29 is 14.6 Å². The maximum Gasteiger partial charge on any atom is 0.310 e. The van der Waals surface area contributed by atoms with Crippen LogP contribution in [0.4, 0.5) is 0 Å². The van der Waals surface area contributed by atoms with Crippen LogP contribution in [0.5, 0.6) is 0 Å². The molecule has 1 N–H and O–H groups in total. The molecule has 3 aliphatic rings. The largest absolute Gasteiger partial charge is 0.481 e. The Balaban J connectivity index is 1.53. The summed E-state index contributed by atoms with van der Waals surface area (Å²) in [5, 5.41) is 9.48. The van der Waals surface area contributed by atoms with Crippen LogP contribution in [0.1, 0.15) is 64.7 Å². The number of carboxylic acid groups (broad SMARTS) is 1. The molecule has 4 heteroatoms. The molecule has 0 amide bonds. The lowest BCUT2D eigenvalue weighted by Crippen LogP contribution is -2.38. The van der Waals surface area contributed by atoms with E-state index in [1.165, 1.54) is 38.5 Å². The highest BCUT2D eigenvalue weighted by molar-refractivity contribution is 5.75. The second-order valence-corrected chi connectivity index (χ2v) is 7.45. The Bertz CT molecular complexity index is 391. The summed E-state index contributed by atoms with van der Waals surface area (Å²) in [5.41, 5.74) is -0.335. The normalized spacial score (nSPS) is 36.3. The van der Waals surface area contributed by atoms with E-state index in [-0.39, 0.29) is 5.60 Å². The van der Waals surface area contributed by atoms with E-state index in [4.69, 9.17) is 4.74 Å². The number of rotatable bonds is 4. The molecule has 2 atom stereocenters. The van der Waals surface area contributed by atoms with Gasteiger partial charge in [0.15, 0.2) is 0 Å². The van der Waals surface area contributed by atoms with Gasteiger partial charge in [-0.05, 0) is 45.1 Å². The summed E-state index contributed by atoms with van der Waals surface area (Å²) >= 11 is 0. The molecule has 21 heavy (non-hydrogen) atoms. The van der Waals surface area contributed by atoms with Crippen LogP contribution >= 0.6 is 0 Å². The molecule has 3 rings (SSSR count). The van der Waals surface area contributed by atoms with Gasteiger partial charge in [-0.2, -0.15) is 0 Å². The van der Waals surface area contributed by atoms with E-state index < -0.39 is 11.4 Å². The first-order valence-electron chi connectivity index (χ1n) is 8.71. The van der Waals surface area contributed by atoms with Gasteiger partial charge in [0.25, 0.3) is 0 Å². The highest BCUT2D eigenvalue weighted by atomic mass is 16.5. The molecule has 4 nitrogen and oxygen atoms in total. The third-order valence-corrected chi connectivity index (χ3v) is 6.13. The van der Waals surface area contributed by atoms with E-state index >= 15 is 0 Å². The fraction of sp³-hybridized carbons (Fsp3) is 0.941. The number of carboxylic acids is 1. The molecule has 0 bridgehead atoms. The molecular weight excluding hydrogens is 266 g/mol. The molecule has 2 aliphatic heterocycles. The second-order valence-electron chi connectivity index (χ2n) is 7.45. The first kappa shape index (κ1) is 15.3. The lowest BCUT2D eigenvalue weighted by atomic mass is 9.83. The minimum atomic E-state index is -0.622. The smallest absolute Gasteiger partial charge is 0.310 e. The maximum atomic E-state index is 11.5. The van der Waals surface area contributed by atoms with Gasteiger partial charge in [-0.3, -0.25) is 9.69 Å². The summed E-state index contributed by atoms with van der Waals surface area (Å²) in [4.78, 5) is 13.8. The number of hydrogen-bond acceptors (Lipinski definition) is 3. The van der Waals surface area contributed by atoms with Crippen molar-refractivity contribution in [1.82, 2.24) is 4.90 Å². The molecule has 1 spiro atoms. The van der Waals surface area contributed by atoms with Gasteiger partial charge in [-0.15, -0.1) is 0 Å². The van der Waals surface area contributed by atoms with E-state index in [0.717, 1.165) is 32.4 Å². The maximum absolute atomic E-state index is 11.5. The van der Waals surface area contributed by atoms with Gasteiger partial charge in [0.05, 0.1) is 17.1 Å². The highest BCUT2D eigenvalue weighted by Crippen LogP contribution is 2.43. The van der Waals surface area contributed by atoms with Crippen molar-refractivity contribution in [1.29, 1.82) is 0 Å². The first-order valence-corrected chi connectivity index (χ1v) is 8.71. The lowest BCUT2D eigenvalue weighted by Gasteiger charge is -2.34. The van der Waals surface area contributed by atoms with Gasteiger partial charge in [0, 0.05) is 13.1 Å². The molecule has 1 aliphatic carbocycles. The molecule has 2 heterocycles. The Kier molecular flexibility index (Phi) is 4.28. The van der Waals surface area contributed by atoms with E-state index in [1.54, 1.807) is 0 Å². The average Bonchev–Trinajstić information content (AvgIpc) is 3.06. The zero-order valence-corrected chi connectivity index (χ0v) is 13.3. The summed E-state index contributed by atoms with van der Waals surface area (Å²) in [6, 6.07) is 0. The van der Waals surface area contributed by atoms with Crippen LogP contribution in [0.2, 0.25) is 0 Å². The van der Waals surface area contributed by atoms with Crippen molar-refractivity contribution in [3.63, 3.8) is 0 Å². The molecule has 0 aromatic heterocycles. The number of hydrogen-bond donors (Lipinski definition) is 1. The van der Waals surface area contributed by atoms with Gasteiger partial charge in [-0.25, -0.2) is 0 Å². The van der Waals surface area contributed by atoms with E-state index in [9.17, 15) is 9.90 Å². The molecule has 120 valence electrons. The predicted molar refractivity (Wildman–Crippen MR) is 81.3 cm³/mol. The molecule has 2 unspecified atom stereocenters. The lowest BCUT2D eigenvalue weighted by molar-refractivity contribution is -0.148. The molecule has 3 fully saturated rings. The Morgan fingerprint density at radius 3 is 2.62 bits per heavy atom. The first-order chi connectivity index (χ1) is 10.1. The predicted octanol–water partition coefficient (Wildman–Crippen LogP) is 3.06. The Morgan fingerprint density at radius 1 is 1.24 bits per heavy atom. The summed E-state index contributed by atoms with van der Waals surface area (Å²) < 4.78 is 6.43. The fourth-order valence-electron chi connectivity index (χ4n) is 4.60. The number of nitrogens with zero attached hydrogens (tertiary/aromatic N) is 1. The Labute approximate surface area is 127 Å². The quantitative estimate of drug-likeness (QED) is 0.866. The summed E-state index contributed by atoms with van der Waals surface area (Å²) in [6.07, 6.45) is 10.7. The zero-order valence-electron chi connectivity index (χ0n) is 13.3. The van der Waals surface area contributed by atoms with Crippen molar-refractivity contribution in [2.45, 2.75) is 76.4 Å². The zero-order chi connectivity index (χ0) is 14.9. The van der Waals surface area contributed by atoms with Crippen molar-refractivity contribution in [2.75, 3.05) is 19.6 Å².